The number of likely N-dealkylation sites (N-methyl/N-ethyl adjacent to an activating group) is 1. The van der Waals surface area contributed by atoms with Crippen LogP contribution in [0.2, 0.25) is 0 Å². The van der Waals surface area contributed by atoms with Crippen LogP contribution in [0.25, 0.3) is 16.7 Å². The molecule has 1 aliphatic rings. The molecule has 3 aromatic rings. The second kappa shape index (κ2) is 7.26. The monoisotopic (exact) mass is 395 g/mol. The lowest BCUT2D eigenvalue weighted by Gasteiger charge is -2.25. The number of benzene rings is 1. The predicted octanol–water partition coefficient (Wildman–Crippen LogP) is 3.21. The van der Waals surface area contributed by atoms with E-state index in [1.165, 1.54) is 11.3 Å². The first kappa shape index (κ1) is 18.5. The van der Waals surface area contributed by atoms with Gasteiger partial charge in [0.1, 0.15) is 5.76 Å². The number of rotatable bonds is 5. The Morgan fingerprint density at radius 3 is 2.71 bits per heavy atom. The number of aromatic amines is 1. The molecule has 6 nitrogen and oxygen atoms in total. The van der Waals surface area contributed by atoms with E-state index in [2.05, 4.69) is 4.98 Å². The molecule has 3 heterocycles. The van der Waals surface area contributed by atoms with Crippen LogP contribution in [0, 0.1) is 0 Å². The third-order valence-corrected chi connectivity index (χ3v) is 5.91. The van der Waals surface area contributed by atoms with E-state index in [9.17, 15) is 14.7 Å². The lowest BCUT2D eigenvalue weighted by molar-refractivity contribution is -0.140. The number of carbonyl (C=O) groups is 2. The Balaban J connectivity index is 1.86. The molecule has 28 heavy (non-hydrogen) atoms. The van der Waals surface area contributed by atoms with Crippen molar-refractivity contribution in [3.63, 3.8) is 0 Å². The molecule has 0 aliphatic carbocycles. The van der Waals surface area contributed by atoms with E-state index in [1.807, 2.05) is 60.8 Å². The van der Waals surface area contributed by atoms with Crippen molar-refractivity contribution in [3.05, 3.63) is 64.0 Å². The Labute approximate surface area is 166 Å². The molecule has 2 aromatic heterocycles. The fourth-order valence-corrected chi connectivity index (χ4v) is 4.42. The second-order valence-corrected chi connectivity index (χ2v) is 8.04. The Morgan fingerprint density at radius 1 is 1.21 bits per heavy atom. The first-order valence-corrected chi connectivity index (χ1v) is 9.90. The topological polar surface area (TPSA) is 76.6 Å². The molecule has 1 fully saturated rings. The minimum Gasteiger partial charge on any atom is -0.507 e. The molecule has 1 atom stereocenters. The largest absolute Gasteiger partial charge is 0.507 e. The summed E-state index contributed by atoms with van der Waals surface area (Å²) >= 11 is 1.47. The van der Waals surface area contributed by atoms with Gasteiger partial charge in [0, 0.05) is 40.6 Å². The van der Waals surface area contributed by atoms with Crippen LogP contribution in [0.4, 0.5) is 0 Å². The third kappa shape index (κ3) is 3.02. The van der Waals surface area contributed by atoms with Crippen LogP contribution in [0.3, 0.4) is 0 Å². The van der Waals surface area contributed by atoms with Crippen molar-refractivity contribution in [1.29, 1.82) is 0 Å². The fourth-order valence-electron chi connectivity index (χ4n) is 3.57. The molecule has 2 N–H and O–H groups in total. The normalized spacial score (nSPS) is 19.2. The zero-order chi connectivity index (χ0) is 19.8. The molecule has 144 valence electrons. The van der Waals surface area contributed by atoms with Gasteiger partial charge in [-0.25, -0.2) is 0 Å². The van der Waals surface area contributed by atoms with Crippen LogP contribution < -0.4 is 0 Å². The van der Waals surface area contributed by atoms with E-state index in [1.54, 1.807) is 11.1 Å². The number of nitrogens with one attached hydrogen (secondary N) is 1. The summed E-state index contributed by atoms with van der Waals surface area (Å²) in [5.41, 5.74) is 1.54. The highest BCUT2D eigenvalue weighted by atomic mass is 32.1. The Morgan fingerprint density at radius 2 is 2.00 bits per heavy atom. The smallest absolute Gasteiger partial charge is 0.295 e. The number of aliphatic hydroxyl groups is 1. The number of ketones is 1. The molecule has 0 bridgehead atoms. The van der Waals surface area contributed by atoms with Gasteiger partial charge in [0.2, 0.25) is 0 Å². The molecule has 0 spiro atoms. The highest BCUT2D eigenvalue weighted by molar-refractivity contribution is 7.10. The van der Waals surface area contributed by atoms with E-state index in [0.29, 0.717) is 18.7 Å². The minimum absolute atomic E-state index is 0.137. The maximum atomic E-state index is 12.9. The number of hydrogen-bond acceptors (Lipinski definition) is 5. The van der Waals surface area contributed by atoms with Gasteiger partial charge >= 0.3 is 0 Å². The van der Waals surface area contributed by atoms with Crippen molar-refractivity contribution < 1.29 is 14.7 Å². The summed E-state index contributed by atoms with van der Waals surface area (Å²) in [4.78, 5) is 33.2. The predicted molar refractivity (Wildman–Crippen MR) is 110 cm³/mol. The van der Waals surface area contributed by atoms with E-state index >= 15 is 0 Å². The van der Waals surface area contributed by atoms with Gasteiger partial charge in [0.05, 0.1) is 11.6 Å². The summed E-state index contributed by atoms with van der Waals surface area (Å²) in [6.45, 7) is 1.03. The van der Waals surface area contributed by atoms with Crippen LogP contribution in [-0.4, -0.2) is 58.8 Å². The zero-order valence-corrected chi connectivity index (χ0v) is 16.5. The average molecular weight is 395 g/mol. The van der Waals surface area contributed by atoms with Gasteiger partial charge in [-0.1, -0.05) is 24.3 Å². The lowest BCUT2D eigenvalue weighted by Crippen LogP contribution is -2.35. The van der Waals surface area contributed by atoms with Crippen molar-refractivity contribution in [2.75, 3.05) is 27.2 Å². The van der Waals surface area contributed by atoms with Gasteiger partial charge < -0.3 is 19.9 Å². The van der Waals surface area contributed by atoms with E-state index in [0.717, 1.165) is 15.8 Å². The van der Waals surface area contributed by atoms with Gasteiger partial charge in [0.15, 0.2) is 0 Å². The van der Waals surface area contributed by atoms with E-state index in [4.69, 9.17) is 0 Å². The Bertz CT molecular complexity index is 1070. The maximum absolute atomic E-state index is 12.9. The van der Waals surface area contributed by atoms with Crippen LogP contribution in [-0.2, 0) is 9.59 Å². The standard InChI is InChI=1S/C21H21N3O3S/c1-23(2)9-10-24-18(16-8-5-11-28-16)17(20(26)21(24)27)19(25)14-12-22-15-7-4-3-6-13(14)15/h3-8,11-12,18,22,25H,9-10H2,1-2H3/b19-17+/t18-/m1/s1. The molecule has 7 heteroatoms. The van der Waals surface area contributed by atoms with Gasteiger partial charge in [0.25, 0.3) is 11.7 Å². The summed E-state index contributed by atoms with van der Waals surface area (Å²) in [6, 6.07) is 10.8. The van der Waals surface area contributed by atoms with Crippen LogP contribution in [0.1, 0.15) is 16.5 Å². The molecule has 1 aromatic carbocycles. The van der Waals surface area contributed by atoms with Crippen molar-refractivity contribution in [2.24, 2.45) is 0 Å². The number of fused-ring (bicyclic) bond motifs is 1. The first-order valence-electron chi connectivity index (χ1n) is 9.02. The molecule has 1 aliphatic heterocycles. The molecule has 1 saturated heterocycles. The number of carbonyl (C=O) groups excluding carboxylic acids is 2. The number of thiophene rings is 1. The van der Waals surface area contributed by atoms with Crippen molar-refractivity contribution in [2.45, 2.75) is 6.04 Å². The van der Waals surface area contributed by atoms with Gasteiger partial charge in [-0.05, 0) is 31.6 Å². The van der Waals surface area contributed by atoms with E-state index in [-0.39, 0.29) is 11.3 Å². The number of aliphatic hydroxyl groups excluding tert-OH is 1. The molecule has 4 rings (SSSR count). The van der Waals surface area contributed by atoms with Gasteiger partial charge in [-0.3, -0.25) is 9.59 Å². The first-order chi connectivity index (χ1) is 13.5. The Kier molecular flexibility index (Phi) is 4.78. The summed E-state index contributed by atoms with van der Waals surface area (Å²) in [5, 5.41) is 13.8. The van der Waals surface area contributed by atoms with Crippen LogP contribution in [0.5, 0.6) is 0 Å². The molecule has 1 amide bonds. The molecule has 0 radical (unpaired) electrons. The third-order valence-electron chi connectivity index (χ3n) is 4.99. The fraction of sp³-hybridized carbons (Fsp3) is 0.238. The number of likely N-dealkylation sites (tertiary alicyclic amines) is 1. The number of amides is 1. The SMILES string of the molecule is CN(C)CCN1C(=O)C(=O)/C(=C(/O)c2c[nH]c3ccccc23)[C@H]1c1cccs1. The summed E-state index contributed by atoms with van der Waals surface area (Å²) in [5.74, 6) is -1.34. The number of para-hydroxylation sites is 1. The van der Waals surface area contributed by atoms with E-state index < -0.39 is 17.7 Å². The highest BCUT2D eigenvalue weighted by Gasteiger charge is 2.46. The number of Topliss-reactive ketones (excluding diaryl/α,β-unsaturated/α-hetero) is 1. The number of nitrogens with zero attached hydrogens (tertiary/aromatic N) is 2. The van der Waals surface area contributed by atoms with Gasteiger partial charge in [-0.2, -0.15) is 0 Å². The second-order valence-electron chi connectivity index (χ2n) is 7.06. The molecule has 0 unspecified atom stereocenters. The number of hydrogen-bond donors (Lipinski definition) is 2. The van der Waals surface area contributed by atoms with Gasteiger partial charge in [-0.15, -0.1) is 11.3 Å². The number of H-pyrrole nitrogens is 1. The van der Waals surface area contributed by atoms with Crippen LogP contribution in [0.15, 0.2) is 53.5 Å². The maximum Gasteiger partial charge on any atom is 0.295 e. The summed E-state index contributed by atoms with van der Waals surface area (Å²) < 4.78 is 0. The molecular weight excluding hydrogens is 374 g/mol. The molecular formula is C21H21N3O3S. The van der Waals surface area contributed by atoms with Crippen molar-refractivity contribution in [3.8, 4) is 0 Å². The van der Waals surface area contributed by atoms with Crippen LogP contribution >= 0.6 is 11.3 Å². The van der Waals surface area contributed by atoms with Crippen molar-refractivity contribution in [1.82, 2.24) is 14.8 Å². The summed E-state index contributed by atoms with van der Waals surface area (Å²) in [7, 11) is 3.84. The van der Waals surface area contributed by atoms with Crippen molar-refractivity contribution >= 4 is 39.7 Å². The highest BCUT2D eigenvalue weighted by Crippen LogP contribution is 2.41. The minimum atomic E-state index is -0.639. The molecule has 0 saturated carbocycles. The average Bonchev–Trinajstić information content (AvgIpc) is 3.39. The zero-order valence-electron chi connectivity index (χ0n) is 15.7. The number of aromatic nitrogens is 1. The lowest BCUT2D eigenvalue weighted by atomic mass is 9.99. The Hall–Kier alpha value is -2.90. The quantitative estimate of drug-likeness (QED) is 0.395. The summed E-state index contributed by atoms with van der Waals surface area (Å²) in [6.07, 6.45) is 1.68.